The Morgan fingerprint density at radius 2 is 1.67 bits per heavy atom. The fraction of sp³-hybridized carbons (Fsp3) is 0.923. The first-order valence-corrected chi connectivity index (χ1v) is 6.78. The molecular weight excluding hydrogens is 240 g/mol. The number of nitrogens with one attached hydrogen (secondary N) is 1. The van der Waals surface area contributed by atoms with Crippen molar-refractivity contribution in [1.82, 2.24) is 5.32 Å². The molecule has 3 nitrogen and oxygen atoms in total. The number of alkyl carbamates (subject to hydrolysis) is 1. The average molecular weight is 259 g/mol. The largest absolute Gasteiger partial charge is 0.443 e. The van der Waals surface area contributed by atoms with Gasteiger partial charge in [-0.2, -0.15) is 0 Å². The van der Waals surface area contributed by atoms with E-state index in [0.717, 1.165) is 19.3 Å². The first kappa shape index (κ1) is 12.2. The standard InChI is InChI=1S/C13H19F2NO2/c14-11(15)7-18-12(17)16-13-4-8-1-9(5-13)3-10(2-8)6-13/h8-11H,1-7H2,(H,16,17). The number of carbonyl (C=O) groups excluding carboxylic acids is 1. The van der Waals surface area contributed by atoms with Gasteiger partial charge in [0.05, 0.1) is 0 Å². The third-order valence-electron chi connectivity index (χ3n) is 4.75. The monoisotopic (exact) mass is 259 g/mol. The Labute approximate surface area is 105 Å². The third-order valence-corrected chi connectivity index (χ3v) is 4.75. The van der Waals surface area contributed by atoms with Crippen molar-refractivity contribution in [3.05, 3.63) is 0 Å². The lowest BCUT2D eigenvalue weighted by Gasteiger charge is -2.56. The van der Waals surface area contributed by atoms with Gasteiger partial charge in [0.2, 0.25) is 0 Å². The minimum atomic E-state index is -2.59. The van der Waals surface area contributed by atoms with Crippen LogP contribution in [-0.2, 0) is 4.74 Å². The van der Waals surface area contributed by atoms with Crippen LogP contribution in [0.15, 0.2) is 0 Å². The molecule has 0 radical (unpaired) electrons. The number of carbonyl (C=O) groups is 1. The molecule has 4 saturated carbocycles. The Hall–Kier alpha value is -0.870. The van der Waals surface area contributed by atoms with Crippen LogP contribution in [-0.4, -0.2) is 24.7 Å². The third kappa shape index (κ3) is 2.31. The summed E-state index contributed by atoms with van der Waals surface area (Å²) in [6.07, 6.45) is 3.60. The number of rotatable bonds is 3. The molecule has 0 aromatic carbocycles. The summed E-state index contributed by atoms with van der Waals surface area (Å²) in [6.45, 7) is -0.807. The molecule has 4 fully saturated rings. The molecule has 0 aromatic heterocycles. The van der Waals surface area contributed by atoms with Crippen molar-refractivity contribution < 1.29 is 18.3 Å². The molecule has 1 N–H and O–H groups in total. The highest BCUT2D eigenvalue weighted by Gasteiger charge is 2.51. The number of halogens is 2. The maximum Gasteiger partial charge on any atom is 0.407 e. The molecule has 0 aromatic rings. The van der Waals surface area contributed by atoms with Crippen molar-refractivity contribution in [2.45, 2.75) is 50.5 Å². The van der Waals surface area contributed by atoms with E-state index in [1.54, 1.807) is 0 Å². The molecule has 0 aliphatic heterocycles. The molecule has 1 amide bonds. The second-order valence-electron chi connectivity index (χ2n) is 6.31. The number of amides is 1. The van der Waals surface area contributed by atoms with E-state index >= 15 is 0 Å². The summed E-state index contributed by atoms with van der Waals surface area (Å²) in [5.41, 5.74) is -0.159. The molecule has 4 aliphatic rings. The molecule has 0 heterocycles. The lowest BCUT2D eigenvalue weighted by Crippen LogP contribution is -2.60. The van der Waals surface area contributed by atoms with Crippen LogP contribution in [0.1, 0.15) is 38.5 Å². The van der Waals surface area contributed by atoms with E-state index in [1.807, 2.05) is 0 Å². The SMILES string of the molecule is O=C(NC12CC3CC(CC(C3)C1)C2)OCC(F)F. The maximum atomic E-state index is 12.0. The van der Waals surface area contributed by atoms with Crippen LogP contribution in [0, 0.1) is 17.8 Å². The van der Waals surface area contributed by atoms with Crippen LogP contribution in [0.25, 0.3) is 0 Å². The zero-order valence-electron chi connectivity index (χ0n) is 10.3. The number of hydrogen-bond donors (Lipinski definition) is 1. The fourth-order valence-electron chi connectivity index (χ4n) is 4.66. The predicted molar refractivity (Wildman–Crippen MR) is 61.4 cm³/mol. The van der Waals surface area contributed by atoms with E-state index in [0.29, 0.717) is 17.8 Å². The molecule has 4 aliphatic carbocycles. The van der Waals surface area contributed by atoms with Crippen LogP contribution >= 0.6 is 0 Å². The van der Waals surface area contributed by atoms with Gasteiger partial charge in [0.1, 0.15) is 0 Å². The lowest BCUT2D eigenvalue weighted by atomic mass is 9.53. The van der Waals surface area contributed by atoms with Gasteiger partial charge < -0.3 is 10.1 Å². The fourth-order valence-corrected chi connectivity index (χ4v) is 4.66. The van der Waals surface area contributed by atoms with Crippen molar-refractivity contribution in [3.8, 4) is 0 Å². The molecule has 0 spiro atoms. The Morgan fingerprint density at radius 3 is 2.11 bits per heavy atom. The van der Waals surface area contributed by atoms with Gasteiger partial charge in [-0.3, -0.25) is 0 Å². The maximum absolute atomic E-state index is 12.0. The zero-order valence-corrected chi connectivity index (χ0v) is 10.3. The van der Waals surface area contributed by atoms with Gasteiger partial charge in [-0.25, -0.2) is 13.6 Å². The van der Waals surface area contributed by atoms with Gasteiger partial charge in [0.25, 0.3) is 6.43 Å². The Kier molecular flexibility index (Phi) is 2.94. The Morgan fingerprint density at radius 1 is 1.17 bits per heavy atom. The summed E-state index contributed by atoms with van der Waals surface area (Å²) in [5, 5.41) is 2.89. The molecule has 0 saturated heterocycles. The van der Waals surface area contributed by atoms with Crippen LogP contribution in [0.2, 0.25) is 0 Å². The van der Waals surface area contributed by atoms with Gasteiger partial charge in [-0.15, -0.1) is 0 Å². The van der Waals surface area contributed by atoms with E-state index in [9.17, 15) is 13.6 Å². The molecule has 4 bridgehead atoms. The second-order valence-corrected chi connectivity index (χ2v) is 6.31. The average Bonchev–Trinajstić information content (AvgIpc) is 2.23. The number of alkyl halides is 2. The topological polar surface area (TPSA) is 38.3 Å². The minimum absolute atomic E-state index is 0.159. The van der Waals surface area contributed by atoms with E-state index in [2.05, 4.69) is 10.1 Å². The Balaban J connectivity index is 1.60. The summed E-state index contributed by atoms with van der Waals surface area (Å²) in [7, 11) is 0. The van der Waals surface area contributed by atoms with Crippen molar-refractivity contribution in [2.24, 2.45) is 17.8 Å². The highest BCUT2D eigenvalue weighted by molar-refractivity contribution is 5.68. The van der Waals surface area contributed by atoms with Crippen molar-refractivity contribution in [2.75, 3.05) is 6.61 Å². The lowest BCUT2D eigenvalue weighted by molar-refractivity contribution is -0.0231. The summed E-state index contributed by atoms with van der Waals surface area (Å²) in [5.74, 6) is 2.14. The highest BCUT2D eigenvalue weighted by Crippen LogP contribution is 2.55. The molecule has 4 rings (SSSR count). The summed E-state index contributed by atoms with van der Waals surface area (Å²) < 4.78 is 28.5. The van der Waals surface area contributed by atoms with Crippen LogP contribution in [0.4, 0.5) is 13.6 Å². The quantitative estimate of drug-likeness (QED) is 0.846. The van der Waals surface area contributed by atoms with Crippen molar-refractivity contribution in [3.63, 3.8) is 0 Å². The second kappa shape index (κ2) is 4.35. The first-order valence-electron chi connectivity index (χ1n) is 6.78. The van der Waals surface area contributed by atoms with Crippen LogP contribution in [0.5, 0.6) is 0 Å². The molecular formula is C13H19F2NO2. The van der Waals surface area contributed by atoms with E-state index in [4.69, 9.17) is 0 Å². The van der Waals surface area contributed by atoms with Crippen molar-refractivity contribution >= 4 is 6.09 Å². The molecule has 0 atom stereocenters. The van der Waals surface area contributed by atoms with E-state index < -0.39 is 19.1 Å². The van der Waals surface area contributed by atoms with Crippen molar-refractivity contribution in [1.29, 1.82) is 0 Å². The summed E-state index contributed by atoms with van der Waals surface area (Å²) >= 11 is 0. The van der Waals surface area contributed by atoms with Gasteiger partial charge in [-0.1, -0.05) is 0 Å². The first-order chi connectivity index (χ1) is 8.55. The number of ether oxygens (including phenoxy) is 1. The van der Waals surface area contributed by atoms with E-state index in [1.165, 1.54) is 19.3 Å². The van der Waals surface area contributed by atoms with Crippen LogP contribution in [0.3, 0.4) is 0 Å². The van der Waals surface area contributed by atoms with Gasteiger partial charge in [0.15, 0.2) is 6.61 Å². The van der Waals surface area contributed by atoms with E-state index in [-0.39, 0.29) is 5.54 Å². The molecule has 18 heavy (non-hydrogen) atoms. The van der Waals surface area contributed by atoms with Gasteiger partial charge in [0, 0.05) is 5.54 Å². The summed E-state index contributed by atoms with van der Waals surface area (Å²) in [4.78, 5) is 11.6. The zero-order chi connectivity index (χ0) is 12.8. The van der Waals surface area contributed by atoms with Gasteiger partial charge in [-0.05, 0) is 56.3 Å². The smallest absolute Gasteiger partial charge is 0.407 e. The van der Waals surface area contributed by atoms with Gasteiger partial charge >= 0.3 is 6.09 Å². The predicted octanol–water partition coefficient (Wildman–Crippen LogP) is 2.95. The van der Waals surface area contributed by atoms with Crippen LogP contribution < -0.4 is 5.32 Å². The Bertz CT molecular complexity index is 311. The minimum Gasteiger partial charge on any atom is -0.443 e. The normalized spacial score (nSPS) is 41.2. The molecule has 0 unspecified atom stereocenters. The highest BCUT2D eigenvalue weighted by atomic mass is 19.3. The molecule has 5 heteroatoms. The molecule has 102 valence electrons. The summed E-state index contributed by atoms with van der Waals surface area (Å²) in [6, 6.07) is 0. The number of hydrogen-bond acceptors (Lipinski definition) is 2.